The van der Waals surface area contributed by atoms with Crippen molar-refractivity contribution >= 4 is 11.6 Å². The number of hydrogen-bond donors (Lipinski definition) is 2. The van der Waals surface area contributed by atoms with Crippen LogP contribution in [0, 0.1) is 0 Å². The van der Waals surface area contributed by atoms with Crippen LogP contribution in [0.2, 0.25) is 0 Å². The molecule has 0 aromatic carbocycles. The summed E-state index contributed by atoms with van der Waals surface area (Å²) in [5.74, 6) is 2.24. The lowest BCUT2D eigenvalue weighted by molar-refractivity contribution is 0.192. The Morgan fingerprint density at radius 1 is 1.19 bits per heavy atom. The minimum absolute atomic E-state index is 0.0850. The number of nitrogens with zero attached hydrogens (tertiary/aromatic N) is 3. The first-order valence-corrected chi connectivity index (χ1v) is 8.09. The van der Waals surface area contributed by atoms with E-state index in [0.29, 0.717) is 17.9 Å². The largest absolute Gasteiger partial charge is 0.384 e. The van der Waals surface area contributed by atoms with Crippen molar-refractivity contribution in [3.05, 3.63) is 11.9 Å². The van der Waals surface area contributed by atoms with Gasteiger partial charge < -0.3 is 11.1 Å². The molecule has 2 unspecified atom stereocenters. The van der Waals surface area contributed by atoms with Crippen LogP contribution < -0.4 is 11.1 Å². The first-order chi connectivity index (χ1) is 9.93. The fraction of sp³-hybridized carbons (Fsp3) is 0.750. The molecule has 2 fully saturated rings. The Morgan fingerprint density at radius 2 is 2.00 bits per heavy atom. The monoisotopic (exact) mass is 289 g/mol. The van der Waals surface area contributed by atoms with Crippen LogP contribution in [0.3, 0.4) is 0 Å². The van der Waals surface area contributed by atoms with E-state index in [1.165, 1.54) is 38.8 Å². The predicted octanol–water partition coefficient (Wildman–Crippen LogP) is 2.40. The summed E-state index contributed by atoms with van der Waals surface area (Å²) >= 11 is 0. The van der Waals surface area contributed by atoms with Gasteiger partial charge in [0.25, 0.3) is 0 Å². The second-order valence-corrected chi connectivity index (χ2v) is 7.39. The zero-order valence-corrected chi connectivity index (χ0v) is 13.4. The van der Waals surface area contributed by atoms with Gasteiger partial charge in [-0.3, -0.25) is 4.90 Å². The first kappa shape index (κ1) is 14.6. The molecular weight excluding hydrogens is 262 g/mol. The Balaban J connectivity index is 1.77. The summed E-state index contributed by atoms with van der Waals surface area (Å²) in [7, 11) is 0. The molecule has 116 valence electrons. The molecule has 0 radical (unpaired) electrons. The number of rotatable bonds is 2. The Hall–Kier alpha value is -1.36. The molecule has 3 rings (SSSR count). The zero-order chi connectivity index (χ0) is 15.0. The van der Waals surface area contributed by atoms with Crippen molar-refractivity contribution in [2.24, 2.45) is 0 Å². The molecule has 0 spiro atoms. The van der Waals surface area contributed by atoms with Crippen LogP contribution in [0.1, 0.15) is 52.3 Å². The lowest BCUT2D eigenvalue weighted by Gasteiger charge is -2.32. The van der Waals surface area contributed by atoms with Gasteiger partial charge in [0.1, 0.15) is 17.5 Å². The average molecular weight is 289 g/mol. The molecule has 2 aliphatic heterocycles. The van der Waals surface area contributed by atoms with E-state index in [0.717, 1.165) is 11.6 Å². The number of fused-ring (bicyclic) bond motifs is 1. The van der Waals surface area contributed by atoms with Crippen molar-refractivity contribution in [2.75, 3.05) is 24.1 Å². The standard InChI is InChI=1S/C16H27N5/c1-16(2,3)15-19-13(17)10-14(20-15)18-11-7-9-21-8-5-4-6-12(11)21/h10-12H,4-9H2,1-3H3,(H3,17,18,19,20). The molecule has 2 atom stereocenters. The van der Waals surface area contributed by atoms with E-state index < -0.39 is 0 Å². The maximum absolute atomic E-state index is 5.96. The molecule has 0 saturated carbocycles. The molecule has 1 aromatic rings. The number of nitrogens with two attached hydrogens (primary N) is 1. The summed E-state index contributed by atoms with van der Waals surface area (Å²) < 4.78 is 0. The van der Waals surface area contributed by atoms with Gasteiger partial charge in [0, 0.05) is 30.1 Å². The fourth-order valence-electron chi connectivity index (χ4n) is 3.48. The molecule has 2 aliphatic rings. The van der Waals surface area contributed by atoms with Gasteiger partial charge in [0.2, 0.25) is 0 Å². The summed E-state index contributed by atoms with van der Waals surface area (Å²) in [6.07, 6.45) is 5.18. The highest BCUT2D eigenvalue weighted by atomic mass is 15.2. The number of nitrogens with one attached hydrogen (secondary N) is 1. The summed E-state index contributed by atoms with van der Waals surface area (Å²) in [5.41, 5.74) is 5.88. The van der Waals surface area contributed by atoms with Crippen molar-refractivity contribution in [1.82, 2.24) is 14.9 Å². The van der Waals surface area contributed by atoms with E-state index in [4.69, 9.17) is 5.73 Å². The Morgan fingerprint density at radius 3 is 2.76 bits per heavy atom. The van der Waals surface area contributed by atoms with Crippen LogP contribution in [0.25, 0.3) is 0 Å². The predicted molar refractivity (Wildman–Crippen MR) is 86.4 cm³/mol. The quantitative estimate of drug-likeness (QED) is 0.875. The molecule has 0 amide bonds. The van der Waals surface area contributed by atoms with Crippen LogP contribution in [0.5, 0.6) is 0 Å². The number of piperidine rings is 1. The second kappa shape index (κ2) is 5.44. The van der Waals surface area contributed by atoms with Crippen LogP contribution in [-0.2, 0) is 5.41 Å². The van der Waals surface area contributed by atoms with Gasteiger partial charge in [-0.15, -0.1) is 0 Å². The second-order valence-electron chi connectivity index (χ2n) is 7.39. The molecule has 3 N–H and O–H groups in total. The van der Waals surface area contributed by atoms with Crippen LogP contribution in [0.15, 0.2) is 6.07 Å². The van der Waals surface area contributed by atoms with Crippen molar-refractivity contribution in [1.29, 1.82) is 0 Å². The van der Waals surface area contributed by atoms with Gasteiger partial charge in [-0.25, -0.2) is 9.97 Å². The highest BCUT2D eigenvalue weighted by molar-refractivity contribution is 5.46. The normalized spacial score (nSPS) is 26.6. The lowest BCUT2D eigenvalue weighted by Crippen LogP contribution is -2.41. The van der Waals surface area contributed by atoms with Crippen LogP contribution >= 0.6 is 0 Å². The molecule has 3 heterocycles. The number of anilines is 2. The maximum Gasteiger partial charge on any atom is 0.138 e. The SMILES string of the molecule is CC(C)(C)c1nc(N)cc(NC2CCN3CCCCC23)n1. The smallest absolute Gasteiger partial charge is 0.138 e. The molecular formula is C16H27N5. The Labute approximate surface area is 127 Å². The van der Waals surface area contributed by atoms with Gasteiger partial charge in [-0.2, -0.15) is 0 Å². The Bertz CT molecular complexity index is 508. The summed E-state index contributed by atoms with van der Waals surface area (Å²) in [6.45, 7) is 8.80. The third-order valence-electron chi connectivity index (χ3n) is 4.61. The van der Waals surface area contributed by atoms with E-state index in [1.807, 2.05) is 6.07 Å². The van der Waals surface area contributed by atoms with Gasteiger partial charge >= 0.3 is 0 Å². The van der Waals surface area contributed by atoms with Crippen LogP contribution in [-0.4, -0.2) is 40.0 Å². The highest BCUT2D eigenvalue weighted by Crippen LogP contribution is 2.29. The number of nitrogen functional groups attached to an aromatic ring is 1. The van der Waals surface area contributed by atoms with E-state index in [9.17, 15) is 0 Å². The minimum atomic E-state index is -0.0850. The van der Waals surface area contributed by atoms with E-state index >= 15 is 0 Å². The third-order valence-corrected chi connectivity index (χ3v) is 4.61. The van der Waals surface area contributed by atoms with Crippen molar-refractivity contribution < 1.29 is 0 Å². The van der Waals surface area contributed by atoms with Gasteiger partial charge in [0.05, 0.1) is 0 Å². The van der Waals surface area contributed by atoms with Crippen molar-refractivity contribution in [3.63, 3.8) is 0 Å². The topological polar surface area (TPSA) is 67.1 Å². The summed E-state index contributed by atoms with van der Waals surface area (Å²) in [6, 6.07) is 3.02. The average Bonchev–Trinajstić information content (AvgIpc) is 2.81. The number of hydrogen-bond acceptors (Lipinski definition) is 5. The van der Waals surface area contributed by atoms with Crippen molar-refractivity contribution in [2.45, 2.75) is 64.0 Å². The van der Waals surface area contributed by atoms with Gasteiger partial charge in [-0.1, -0.05) is 27.2 Å². The summed E-state index contributed by atoms with van der Waals surface area (Å²) in [5, 5.41) is 3.62. The molecule has 21 heavy (non-hydrogen) atoms. The van der Waals surface area contributed by atoms with Crippen molar-refractivity contribution in [3.8, 4) is 0 Å². The van der Waals surface area contributed by atoms with E-state index in [-0.39, 0.29) is 5.41 Å². The molecule has 0 bridgehead atoms. The molecule has 1 aromatic heterocycles. The molecule has 0 aliphatic carbocycles. The Kier molecular flexibility index (Phi) is 3.78. The highest BCUT2D eigenvalue weighted by Gasteiger charge is 2.35. The third kappa shape index (κ3) is 3.12. The van der Waals surface area contributed by atoms with Gasteiger partial charge in [-0.05, 0) is 25.8 Å². The maximum atomic E-state index is 5.96. The molecule has 2 saturated heterocycles. The number of aromatic nitrogens is 2. The lowest BCUT2D eigenvalue weighted by atomic mass is 9.95. The minimum Gasteiger partial charge on any atom is -0.384 e. The molecule has 5 nitrogen and oxygen atoms in total. The van der Waals surface area contributed by atoms with E-state index in [2.05, 4.69) is 41.0 Å². The van der Waals surface area contributed by atoms with Crippen LogP contribution in [0.4, 0.5) is 11.6 Å². The zero-order valence-electron chi connectivity index (χ0n) is 13.4. The van der Waals surface area contributed by atoms with Gasteiger partial charge in [0.15, 0.2) is 0 Å². The molecule has 5 heteroatoms. The fourth-order valence-corrected chi connectivity index (χ4v) is 3.48. The van der Waals surface area contributed by atoms with E-state index in [1.54, 1.807) is 0 Å². The first-order valence-electron chi connectivity index (χ1n) is 8.09. The summed E-state index contributed by atoms with van der Waals surface area (Å²) in [4.78, 5) is 11.7.